The molecule has 0 saturated carbocycles. The van der Waals surface area contributed by atoms with Gasteiger partial charge in [0.1, 0.15) is 5.75 Å². The van der Waals surface area contributed by atoms with Gasteiger partial charge in [-0.05, 0) is 41.1 Å². The molecule has 0 saturated heterocycles. The number of hydrogen-bond acceptors (Lipinski definition) is 3. The number of carbonyl (C=O) groups is 1. The van der Waals surface area contributed by atoms with Crippen LogP contribution in [-0.4, -0.2) is 11.0 Å². The van der Waals surface area contributed by atoms with Crippen molar-refractivity contribution in [1.82, 2.24) is 10.9 Å². The largest absolute Gasteiger partial charge is 0.507 e. The van der Waals surface area contributed by atoms with Crippen molar-refractivity contribution in [3.8, 4) is 5.75 Å². The first-order chi connectivity index (χ1) is 12.0. The minimum atomic E-state index is -0.491. The van der Waals surface area contributed by atoms with Crippen LogP contribution in [0.4, 0.5) is 0 Å². The number of rotatable bonds is 4. The molecule has 0 aliphatic heterocycles. The van der Waals surface area contributed by atoms with Gasteiger partial charge in [-0.2, -0.15) is 0 Å². The number of aromatic hydroxyl groups is 1. The molecule has 3 aromatic carbocycles. The van der Waals surface area contributed by atoms with Crippen LogP contribution in [0.3, 0.4) is 0 Å². The number of phenols is 1. The van der Waals surface area contributed by atoms with E-state index in [1.807, 2.05) is 24.3 Å². The van der Waals surface area contributed by atoms with Crippen molar-refractivity contribution in [2.75, 3.05) is 0 Å². The zero-order valence-electron chi connectivity index (χ0n) is 13.0. The number of benzene rings is 3. The van der Waals surface area contributed by atoms with Gasteiger partial charge in [0.05, 0.1) is 16.3 Å². The number of fused-ring (bicyclic) bond motifs is 1. The van der Waals surface area contributed by atoms with Crippen molar-refractivity contribution < 1.29 is 9.90 Å². The van der Waals surface area contributed by atoms with Crippen LogP contribution < -0.4 is 10.9 Å². The highest BCUT2D eigenvalue weighted by atomic mass is 35.5. The summed E-state index contributed by atoms with van der Waals surface area (Å²) in [5, 5.41) is 12.7. The molecule has 6 heteroatoms. The van der Waals surface area contributed by atoms with E-state index in [9.17, 15) is 9.90 Å². The summed E-state index contributed by atoms with van der Waals surface area (Å²) < 4.78 is 0. The standard InChI is InChI=1S/C19H14Cl2N2O2/c1-11(15-7-6-14(20)10-17(15)21)22-23-19(25)16-8-12-4-2-3-5-13(12)9-18(16)24/h2-10,22,24H,1H2,(H,23,25). The average Bonchev–Trinajstić information content (AvgIpc) is 2.58. The molecule has 3 N–H and O–H groups in total. The van der Waals surface area contributed by atoms with Gasteiger partial charge >= 0.3 is 0 Å². The van der Waals surface area contributed by atoms with Crippen LogP contribution in [-0.2, 0) is 0 Å². The molecule has 0 unspecified atom stereocenters. The van der Waals surface area contributed by atoms with Gasteiger partial charge in [0.15, 0.2) is 0 Å². The number of hydrazine groups is 1. The molecule has 0 fully saturated rings. The van der Waals surface area contributed by atoms with Crippen LogP contribution >= 0.6 is 23.2 Å². The van der Waals surface area contributed by atoms with Gasteiger partial charge in [-0.25, -0.2) is 0 Å². The highest BCUT2D eigenvalue weighted by Gasteiger charge is 2.13. The zero-order chi connectivity index (χ0) is 18.0. The maximum Gasteiger partial charge on any atom is 0.273 e. The predicted molar refractivity (Wildman–Crippen MR) is 102 cm³/mol. The molecule has 0 aromatic heterocycles. The summed E-state index contributed by atoms with van der Waals surface area (Å²) in [6.07, 6.45) is 0. The van der Waals surface area contributed by atoms with E-state index in [2.05, 4.69) is 17.4 Å². The normalized spacial score (nSPS) is 10.5. The minimum Gasteiger partial charge on any atom is -0.507 e. The quantitative estimate of drug-likeness (QED) is 0.578. The van der Waals surface area contributed by atoms with E-state index in [0.717, 1.165) is 10.8 Å². The van der Waals surface area contributed by atoms with Gasteiger partial charge in [0.25, 0.3) is 5.91 Å². The molecule has 3 rings (SSSR count). The van der Waals surface area contributed by atoms with Crippen LogP contribution in [0.1, 0.15) is 15.9 Å². The molecule has 0 atom stereocenters. The van der Waals surface area contributed by atoms with E-state index in [4.69, 9.17) is 23.2 Å². The summed E-state index contributed by atoms with van der Waals surface area (Å²) in [6, 6.07) is 15.6. The van der Waals surface area contributed by atoms with Gasteiger partial charge in [-0.15, -0.1) is 0 Å². The Hall–Kier alpha value is -2.69. The molecule has 0 bridgehead atoms. The summed E-state index contributed by atoms with van der Waals surface area (Å²) >= 11 is 12.0. The van der Waals surface area contributed by atoms with Gasteiger partial charge in [-0.3, -0.25) is 15.6 Å². The molecular weight excluding hydrogens is 359 g/mol. The SMILES string of the molecule is C=C(NNC(=O)c1cc2ccccc2cc1O)c1ccc(Cl)cc1Cl. The molecule has 0 radical (unpaired) electrons. The van der Waals surface area contributed by atoms with E-state index in [1.165, 1.54) is 0 Å². The Bertz CT molecular complexity index is 986. The zero-order valence-corrected chi connectivity index (χ0v) is 14.5. The van der Waals surface area contributed by atoms with Crippen LogP contribution in [0, 0.1) is 0 Å². The summed E-state index contributed by atoms with van der Waals surface area (Å²) in [6.45, 7) is 3.84. The Morgan fingerprint density at radius 2 is 1.60 bits per heavy atom. The highest BCUT2D eigenvalue weighted by Crippen LogP contribution is 2.26. The fourth-order valence-corrected chi connectivity index (χ4v) is 2.93. The molecule has 4 nitrogen and oxygen atoms in total. The molecule has 1 amide bonds. The van der Waals surface area contributed by atoms with Gasteiger partial charge < -0.3 is 5.11 Å². The lowest BCUT2D eigenvalue weighted by Crippen LogP contribution is -2.35. The smallest absolute Gasteiger partial charge is 0.273 e. The summed E-state index contributed by atoms with van der Waals surface area (Å²) in [7, 11) is 0. The summed E-state index contributed by atoms with van der Waals surface area (Å²) in [4.78, 5) is 12.4. The predicted octanol–water partition coefficient (Wildman–Crippen LogP) is 4.76. The van der Waals surface area contributed by atoms with E-state index < -0.39 is 5.91 Å². The molecule has 0 aliphatic rings. The Morgan fingerprint density at radius 1 is 0.920 bits per heavy atom. The molecule has 0 spiro atoms. The number of halogens is 2. The first-order valence-electron chi connectivity index (χ1n) is 7.38. The molecule has 25 heavy (non-hydrogen) atoms. The molecule has 3 aromatic rings. The van der Waals surface area contributed by atoms with Crippen LogP contribution in [0.5, 0.6) is 5.75 Å². The maximum absolute atomic E-state index is 12.4. The van der Waals surface area contributed by atoms with E-state index in [-0.39, 0.29) is 11.3 Å². The molecule has 0 heterocycles. The van der Waals surface area contributed by atoms with Gasteiger partial charge in [-0.1, -0.05) is 54.0 Å². The topological polar surface area (TPSA) is 61.4 Å². The van der Waals surface area contributed by atoms with Crippen LogP contribution in [0.2, 0.25) is 10.0 Å². The van der Waals surface area contributed by atoms with Gasteiger partial charge in [0.2, 0.25) is 0 Å². The molecule has 0 aliphatic carbocycles. The maximum atomic E-state index is 12.4. The molecule has 126 valence electrons. The van der Waals surface area contributed by atoms with Crippen molar-refractivity contribution in [2.24, 2.45) is 0 Å². The van der Waals surface area contributed by atoms with Crippen molar-refractivity contribution >= 4 is 45.6 Å². The number of phenolic OH excluding ortho intramolecular Hbond substituents is 1. The number of carbonyl (C=O) groups excluding carboxylic acids is 1. The van der Waals surface area contributed by atoms with Crippen molar-refractivity contribution in [3.05, 3.63) is 82.3 Å². The fraction of sp³-hybridized carbons (Fsp3) is 0. The summed E-state index contributed by atoms with van der Waals surface area (Å²) in [5.41, 5.74) is 6.36. The monoisotopic (exact) mass is 372 g/mol. The van der Waals surface area contributed by atoms with E-state index in [0.29, 0.717) is 21.3 Å². The second-order valence-electron chi connectivity index (χ2n) is 5.40. The van der Waals surface area contributed by atoms with E-state index in [1.54, 1.807) is 30.3 Å². The van der Waals surface area contributed by atoms with Crippen molar-refractivity contribution in [1.29, 1.82) is 0 Å². The fourth-order valence-electron chi connectivity index (χ4n) is 2.41. The number of nitrogens with one attached hydrogen (secondary N) is 2. The Balaban J connectivity index is 1.76. The highest BCUT2D eigenvalue weighted by molar-refractivity contribution is 6.35. The number of hydrogen-bond donors (Lipinski definition) is 3. The third-order valence-electron chi connectivity index (χ3n) is 3.69. The second-order valence-corrected chi connectivity index (χ2v) is 6.24. The first kappa shape index (κ1) is 17.1. The van der Waals surface area contributed by atoms with Crippen molar-refractivity contribution in [2.45, 2.75) is 0 Å². The lowest BCUT2D eigenvalue weighted by Gasteiger charge is -2.13. The Labute approximate surface area is 154 Å². The second kappa shape index (κ2) is 7.05. The lowest BCUT2D eigenvalue weighted by atomic mass is 10.1. The lowest BCUT2D eigenvalue weighted by molar-refractivity contribution is 0.0940. The van der Waals surface area contributed by atoms with Crippen molar-refractivity contribution in [3.63, 3.8) is 0 Å². The Morgan fingerprint density at radius 3 is 2.28 bits per heavy atom. The minimum absolute atomic E-state index is 0.104. The first-order valence-corrected chi connectivity index (χ1v) is 8.14. The van der Waals surface area contributed by atoms with Crippen LogP contribution in [0.25, 0.3) is 16.5 Å². The van der Waals surface area contributed by atoms with Crippen LogP contribution in [0.15, 0.2) is 61.2 Å². The van der Waals surface area contributed by atoms with Gasteiger partial charge in [0, 0.05) is 10.6 Å². The summed E-state index contributed by atoms with van der Waals surface area (Å²) in [5.74, 6) is -0.595. The van der Waals surface area contributed by atoms with E-state index >= 15 is 0 Å². The Kier molecular flexibility index (Phi) is 4.83. The molecular formula is C19H14Cl2N2O2. The third kappa shape index (κ3) is 3.71. The average molecular weight is 373 g/mol. The third-order valence-corrected chi connectivity index (χ3v) is 4.24. The number of amides is 1.